The molecule has 0 aromatic heterocycles. The van der Waals surface area contributed by atoms with Crippen molar-refractivity contribution in [3.8, 4) is 11.5 Å². The minimum absolute atomic E-state index is 0.291. The molecule has 1 saturated heterocycles. The molecule has 4 heteroatoms. The van der Waals surface area contributed by atoms with Gasteiger partial charge in [0.25, 0.3) is 0 Å². The maximum atomic E-state index is 5.37. The van der Waals surface area contributed by atoms with Crippen molar-refractivity contribution in [2.24, 2.45) is 0 Å². The number of nitrogens with one attached hydrogen (secondary N) is 2. The van der Waals surface area contributed by atoms with Crippen LogP contribution in [-0.4, -0.2) is 33.9 Å². The van der Waals surface area contributed by atoms with Gasteiger partial charge in [0, 0.05) is 31.2 Å². The number of benzene rings is 1. The van der Waals surface area contributed by atoms with E-state index in [0.29, 0.717) is 6.04 Å². The minimum Gasteiger partial charge on any atom is -0.497 e. The number of ether oxygens (including phenoxy) is 2. The van der Waals surface area contributed by atoms with Gasteiger partial charge in [0.2, 0.25) is 0 Å². The van der Waals surface area contributed by atoms with E-state index in [2.05, 4.69) is 10.6 Å². The summed E-state index contributed by atoms with van der Waals surface area (Å²) in [5.41, 5.74) is 1.15. The van der Waals surface area contributed by atoms with E-state index in [1.165, 1.54) is 0 Å². The molecule has 88 valence electrons. The number of hydrogen-bond donors (Lipinski definition) is 2. The van der Waals surface area contributed by atoms with Crippen LogP contribution in [0.15, 0.2) is 18.2 Å². The first-order chi connectivity index (χ1) is 7.85. The second kappa shape index (κ2) is 5.18. The monoisotopic (exact) mass is 222 g/mol. The summed E-state index contributed by atoms with van der Waals surface area (Å²) in [7, 11) is 3.37. The second-order valence-corrected chi connectivity index (χ2v) is 3.82. The zero-order chi connectivity index (χ0) is 11.4. The van der Waals surface area contributed by atoms with Gasteiger partial charge in [-0.25, -0.2) is 0 Å². The molecular formula is C12H18N2O2. The maximum Gasteiger partial charge on any atom is 0.123 e. The fourth-order valence-corrected chi connectivity index (χ4v) is 1.98. The Morgan fingerprint density at radius 3 is 2.69 bits per heavy atom. The van der Waals surface area contributed by atoms with Crippen molar-refractivity contribution in [2.75, 3.05) is 33.9 Å². The van der Waals surface area contributed by atoms with Gasteiger partial charge in [-0.1, -0.05) is 0 Å². The van der Waals surface area contributed by atoms with E-state index in [1.807, 2.05) is 18.2 Å². The molecule has 0 unspecified atom stereocenters. The van der Waals surface area contributed by atoms with E-state index in [4.69, 9.17) is 9.47 Å². The van der Waals surface area contributed by atoms with Crippen LogP contribution < -0.4 is 20.1 Å². The summed E-state index contributed by atoms with van der Waals surface area (Å²) in [5, 5.41) is 6.83. The van der Waals surface area contributed by atoms with Crippen molar-refractivity contribution in [1.82, 2.24) is 10.6 Å². The van der Waals surface area contributed by atoms with Crippen LogP contribution in [0.1, 0.15) is 11.6 Å². The maximum absolute atomic E-state index is 5.37. The van der Waals surface area contributed by atoms with Crippen molar-refractivity contribution >= 4 is 0 Å². The molecule has 0 amide bonds. The number of hydrogen-bond acceptors (Lipinski definition) is 4. The topological polar surface area (TPSA) is 42.5 Å². The molecule has 1 atom stereocenters. The number of rotatable bonds is 3. The smallest absolute Gasteiger partial charge is 0.123 e. The van der Waals surface area contributed by atoms with Gasteiger partial charge >= 0.3 is 0 Å². The first-order valence-corrected chi connectivity index (χ1v) is 5.51. The van der Waals surface area contributed by atoms with Gasteiger partial charge in [-0.15, -0.1) is 0 Å². The van der Waals surface area contributed by atoms with Gasteiger partial charge in [0.1, 0.15) is 11.5 Å². The molecule has 1 aromatic carbocycles. The summed E-state index contributed by atoms with van der Waals surface area (Å²) in [4.78, 5) is 0. The van der Waals surface area contributed by atoms with Gasteiger partial charge in [-0.3, -0.25) is 0 Å². The zero-order valence-electron chi connectivity index (χ0n) is 9.75. The highest BCUT2D eigenvalue weighted by Crippen LogP contribution is 2.29. The van der Waals surface area contributed by atoms with Gasteiger partial charge in [0.15, 0.2) is 0 Å². The largest absolute Gasteiger partial charge is 0.497 e. The van der Waals surface area contributed by atoms with Crippen LogP contribution in [-0.2, 0) is 0 Å². The van der Waals surface area contributed by atoms with Gasteiger partial charge < -0.3 is 20.1 Å². The third-order valence-corrected chi connectivity index (χ3v) is 2.85. The molecular weight excluding hydrogens is 204 g/mol. The average molecular weight is 222 g/mol. The zero-order valence-corrected chi connectivity index (χ0v) is 9.75. The highest BCUT2D eigenvalue weighted by atomic mass is 16.5. The van der Waals surface area contributed by atoms with Crippen molar-refractivity contribution < 1.29 is 9.47 Å². The fourth-order valence-electron chi connectivity index (χ4n) is 1.98. The predicted molar refractivity (Wildman–Crippen MR) is 63.2 cm³/mol. The second-order valence-electron chi connectivity index (χ2n) is 3.82. The van der Waals surface area contributed by atoms with E-state index >= 15 is 0 Å². The van der Waals surface area contributed by atoms with E-state index in [1.54, 1.807) is 14.2 Å². The Bertz CT molecular complexity index is 349. The average Bonchev–Trinajstić information content (AvgIpc) is 2.39. The molecule has 1 heterocycles. The summed E-state index contributed by atoms with van der Waals surface area (Å²) in [6, 6.07) is 6.19. The van der Waals surface area contributed by atoms with E-state index in [-0.39, 0.29) is 0 Å². The van der Waals surface area contributed by atoms with Crippen LogP contribution in [0, 0.1) is 0 Å². The van der Waals surface area contributed by atoms with Crippen LogP contribution >= 0.6 is 0 Å². The van der Waals surface area contributed by atoms with Crippen molar-refractivity contribution in [3.63, 3.8) is 0 Å². The third-order valence-electron chi connectivity index (χ3n) is 2.85. The molecule has 0 spiro atoms. The molecule has 0 radical (unpaired) electrons. The van der Waals surface area contributed by atoms with E-state index < -0.39 is 0 Å². The SMILES string of the molecule is COc1ccc(OC)c([C@@H]2CNCCN2)c1. The first-order valence-electron chi connectivity index (χ1n) is 5.51. The molecule has 0 saturated carbocycles. The molecule has 1 aliphatic rings. The molecule has 2 N–H and O–H groups in total. The van der Waals surface area contributed by atoms with Crippen molar-refractivity contribution in [2.45, 2.75) is 6.04 Å². The van der Waals surface area contributed by atoms with Crippen LogP contribution in [0.4, 0.5) is 0 Å². The molecule has 4 nitrogen and oxygen atoms in total. The quantitative estimate of drug-likeness (QED) is 0.798. The Hall–Kier alpha value is -1.26. The van der Waals surface area contributed by atoms with Crippen LogP contribution in [0.2, 0.25) is 0 Å². The molecule has 1 fully saturated rings. The summed E-state index contributed by atoms with van der Waals surface area (Å²) < 4.78 is 10.6. The van der Waals surface area contributed by atoms with Gasteiger partial charge in [0.05, 0.1) is 14.2 Å². The summed E-state index contributed by atoms with van der Waals surface area (Å²) in [6.45, 7) is 2.91. The van der Waals surface area contributed by atoms with Crippen LogP contribution in [0.3, 0.4) is 0 Å². The van der Waals surface area contributed by atoms with Crippen molar-refractivity contribution in [1.29, 1.82) is 0 Å². The third kappa shape index (κ3) is 2.28. The predicted octanol–water partition coefficient (Wildman–Crippen LogP) is 0.938. The van der Waals surface area contributed by atoms with E-state index in [9.17, 15) is 0 Å². The number of methoxy groups -OCH3 is 2. The Morgan fingerprint density at radius 1 is 1.19 bits per heavy atom. The molecule has 16 heavy (non-hydrogen) atoms. The Labute approximate surface area is 95.9 Å². The lowest BCUT2D eigenvalue weighted by Gasteiger charge is -2.26. The lowest BCUT2D eigenvalue weighted by atomic mass is 10.0. The molecule has 0 bridgehead atoms. The highest BCUT2D eigenvalue weighted by Gasteiger charge is 2.18. The van der Waals surface area contributed by atoms with Crippen molar-refractivity contribution in [3.05, 3.63) is 23.8 Å². The molecule has 0 aliphatic carbocycles. The minimum atomic E-state index is 0.291. The number of piperazine rings is 1. The summed E-state index contributed by atoms with van der Waals surface area (Å²) in [5.74, 6) is 1.77. The normalized spacial score (nSPS) is 20.5. The first kappa shape index (κ1) is 11.2. The lowest BCUT2D eigenvalue weighted by Crippen LogP contribution is -2.42. The Kier molecular flexibility index (Phi) is 3.64. The van der Waals surface area contributed by atoms with E-state index in [0.717, 1.165) is 36.7 Å². The Balaban J connectivity index is 2.27. The highest BCUT2D eigenvalue weighted by molar-refractivity contribution is 5.42. The summed E-state index contributed by atoms with van der Waals surface area (Å²) >= 11 is 0. The van der Waals surface area contributed by atoms with Gasteiger partial charge in [-0.2, -0.15) is 0 Å². The summed E-state index contributed by atoms with van der Waals surface area (Å²) in [6.07, 6.45) is 0. The van der Waals surface area contributed by atoms with Crippen LogP contribution in [0.5, 0.6) is 11.5 Å². The Morgan fingerprint density at radius 2 is 2.06 bits per heavy atom. The van der Waals surface area contributed by atoms with Gasteiger partial charge in [-0.05, 0) is 18.2 Å². The molecule has 2 rings (SSSR count). The molecule has 1 aromatic rings. The molecule has 1 aliphatic heterocycles. The lowest BCUT2D eigenvalue weighted by molar-refractivity contribution is 0.375. The fraction of sp³-hybridized carbons (Fsp3) is 0.500. The standard InChI is InChI=1S/C12H18N2O2/c1-15-9-3-4-12(16-2)10(7-9)11-8-13-5-6-14-11/h3-4,7,11,13-14H,5-6,8H2,1-2H3/t11-/m0/s1. The van der Waals surface area contributed by atoms with Crippen LogP contribution in [0.25, 0.3) is 0 Å².